The van der Waals surface area contributed by atoms with Crippen LogP contribution in [0, 0.1) is 0 Å². The van der Waals surface area contributed by atoms with Gasteiger partial charge in [0.25, 0.3) is 0 Å². The van der Waals surface area contributed by atoms with Crippen LogP contribution in [0.3, 0.4) is 0 Å². The minimum atomic E-state index is -1.82. The molecule has 10 heteroatoms. The van der Waals surface area contributed by atoms with Crippen LogP contribution in [0.1, 0.15) is 36.9 Å². The van der Waals surface area contributed by atoms with Crippen molar-refractivity contribution in [3.63, 3.8) is 0 Å². The summed E-state index contributed by atoms with van der Waals surface area (Å²) in [6.45, 7) is 1.14. The molecule has 2 aromatic rings. The standard InChI is InChI=1S/C18H20N4O2.C2H2O4/c23-16(9-18(24)5-2-6-18)22-8-4-15-14(11-22)17(21-12-20-15)13-3-1-7-19-10-13;3-1(4)2(5)6/h1,3,7,10,12,24H,2,4-6,8-9,11H2;(H,3,4)(H,5,6). The van der Waals surface area contributed by atoms with E-state index < -0.39 is 17.5 Å². The van der Waals surface area contributed by atoms with Gasteiger partial charge < -0.3 is 20.2 Å². The number of hydrogen-bond acceptors (Lipinski definition) is 7. The number of pyridine rings is 1. The third-order valence-corrected chi connectivity index (χ3v) is 5.24. The number of aliphatic carboxylic acids is 2. The van der Waals surface area contributed by atoms with Crippen LogP contribution in [-0.4, -0.2) is 65.2 Å². The van der Waals surface area contributed by atoms with Crippen LogP contribution in [0.25, 0.3) is 11.3 Å². The Morgan fingerprint density at radius 2 is 1.87 bits per heavy atom. The number of carboxylic acids is 2. The highest BCUT2D eigenvalue weighted by atomic mass is 16.4. The van der Waals surface area contributed by atoms with Gasteiger partial charge in [-0.15, -0.1) is 0 Å². The van der Waals surface area contributed by atoms with Crippen molar-refractivity contribution in [1.82, 2.24) is 19.9 Å². The summed E-state index contributed by atoms with van der Waals surface area (Å²) in [7, 11) is 0. The summed E-state index contributed by atoms with van der Waals surface area (Å²) in [5, 5.41) is 25.0. The van der Waals surface area contributed by atoms with Gasteiger partial charge in [0, 0.05) is 43.0 Å². The van der Waals surface area contributed by atoms with Crippen LogP contribution in [-0.2, 0) is 27.3 Å². The minimum absolute atomic E-state index is 0.0174. The SMILES string of the molecule is O=C(CC1(O)CCC1)N1CCc2ncnc(-c3cccnc3)c2C1.O=C(O)C(=O)O. The number of carboxylic acid groups (broad SMARTS) is 2. The van der Waals surface area contributed by atoms with Gasteiger partial charge in [-0.3, -0.25) is 9.78 Å². The van der Waals surface area contributed by atoms with E-state index in [1.807, 2.05) is 17.0 Å². The fraction of sp³-hybridized carbons (Fsp3) is 0.400. The Morgan fingerprint density at radius 1 is 1.13 bits per heavy atom. The van der Waals surface area contributed by atoms with Gasteiger partial charge in [-0.25, -0.2) is 19.6 Å². The molecule has 0 unspecified atom stereocenters. The first-order valence-corrected chi connectivity index (χ1v) is 9.48. The van der Waals surface area contributed by atoms with E-state index in [9.17, 15) is 9.90 Å². The Balaban J connectivity index is 0.000000377. The first kappa shape index (κ1) is 21.3. The van der Waals surface area contributed by atoms with Crippen molar-refractivity contribution < 1.29 is 29.7 Å². The summed E-state index contributed by atoms with van der Waals surface area (Å²) >= 11 is 0. The van der Waals surface area contributed by atoms with Crippen molar-refractivity contribution in [2.24, 2.45) is 0 Å². The van der Waals surface area contributed by atoms with Gasteiger partial charge in [-0.05, 0) is 31.4 Å². The number of amides is 1. The third kappa shape index (κ3) is 4.95. The van der Waals surface area contributed by atoms with Gasteiger partial charge in [-0.2, -0.15) is 0 Å². The second kappa shape index (κ2) is 8.95. The van der Waals surface area contributed by atoms with E-state index in [1.54, 1.807) is 18.7 Å². The monoisotopic (exact) mass is 414 g/mol. The maximum Gasteiger partial charge on any atom is 0.414 e. The Kier molecular flexibility index (Phi) is 6.36. The van der Waals surface area contributed by atoms with Crippen LogP contribution in [0.15, 0.2) is 30.9 Å². The smallest absolute Gasteiger partial charge is 0.414 e. The molecule has 10 nitrogen and oxygen atoms in total. The molecule has 0 atom stereocenters. The maximum absolute atomic E-state index is 12.6. The highest BCUT2D eigenvalue weighted by molar-refractivity contribution is 6.27. The van der Waals surface area contributed by atoms with Crippen LogP contribution in [0.5, 0.6) is 0 Å². The summed E-state index contributed by atoms with van der Waals surface area (Å²) in [5.74, 6) is -3.63. The van der Waals surface area contributed by atoms with E-state index in [4.69, 9.17) is 19.8 Å². The topological polar surface area (TPSA) is 154 Å². The zero-order chi connectivity index (χ0) is 21.7. The molecule has 30 heavy (non-hydrogen) atoms. The number of fused-ring (bicyclic) bond motifs is 1. The van der Waals surface area contributed by atoms with E-state index in [0.717, 1.165) is 48.2 Å². The first-order valence-electron chi connectivity index (χ1n) is 9.48. The van der Waals surface area contributed by atoms with Crippen LogP contribution >= 0.6 is 0 Å². The third-order valence-electron chi connectivity index (χ3n) is 5.24. The Hall–Kier alpha value is -3.40. The lowest BCUT2D eigenvalue weighted by molar-refractivity contribution is -0.159. The number of carbonyl (C=O) groups excluding carboxylic acids is 1. The van der Waals surface area contributed by atoms with Crippen LogP contribution in [0.2, 0.25) is 0 Å². The van der Waals surface area contributed by atoms with Crippen LogP contribution in [0.4, 0.5) is 0 Å². The lowest BCUT2D eigenvalue weighted by Gasteiger charge is -2.38. The van der Waals surface area contributed by atoms with Crippen LogP contribution < -0.4 is 0 Å². The summed E-state index contributed by atoms with van der Waals surface area (Å²) in [6.07, 6.45) is 8.49. The van der Waals surface area contributed by atoms with Crippen molar-refractivity contribution in [3.05, 3.63) is 42.1 Å². The molecular weight excluding hydrogens is 392 g/mol. The maximum atomic E-state index is 12.6. The fourth-order valence-electron chi connectivity index (χ4n) is 3.46. The van der Waals surface area contributed by atoms with E-state index in [-0.39, 0.29) is 12.3 Å². The zero-order valence-electron chi connectivity index (χ0n) is 16.2. The molecule has 4 rings (SSSR count). The lowest BCUT2D eigenvalue weighted by Crippen LogP contribution is -2.45. The molecule has 0 aromatic carbocycles. The number of nitrogens with zero attached hydrogens (tertiary/aromatic N) is 4. The zero-order valence-corrected chi connectivity index (χ0v) is 16.2. The molecule has 1 aliphatic carbocycles. The molecule has 3 N–H and O–H groups in total. The predicted octanol–water partition coefficient (Wildman–Crippen LogP) is 0.884. The molecule has 0 saturated heterocycles. The van der Waals surface area contributed by atoms with Crippen molar-refractivity contribution >= 4 is 17.8 Å². The molecule has 0 bridgehead atoms. The molecule has 3 heterocycles. The molecule has 158 valence electrons. The van der Waals surface area contributed by atoms with E-state index in [0.29, 0.717) is 13.1 Å². The van der Waals surface area contributed by atoms with Crippen molar-refractivity contribution in [2.75, 3.05) is 6.54 Å². The highest BCUT2D eigenvalue weighted by Crippen LogP contribution is 2.36. The average Bonchev–Trinajstić information content (AvgIpc) is 2.72. The fourth-order valence-corrected chi connectivity index (χ4v) is 3.46. The van der Waals surface area contributed by atoms with Gasteiger partial charge in [0.2, 0.25) is 5.91 Å². The minimum Gasteiger partial charge on any atom is -0.473 e. The molecule has 1 fully saturated rings. The quantitative estimate of drug-likeness (QED) is 0.621. The van der Waals surface area contributed by atoms with E-state index >= 15 is 0 Å². The highest BCUT2D eigenvalue weighted by Gasteiger charge is 2.38. The largest absolute Gasteiger partial charge is 0.473 e. The normalized spacial score (nSPS) is 16.4. The van der Waals surface area contributed by atoms with Gasteiger partial charge in [-0.1, -0.05) is 0 Å². The molecule has 1 aliphatic heterocycles. The number of hydrogen-bond donors (Lipinski definition) is 3. The first-order chi connectivity index (χ1) is 14.3. The number of aromatic nitrogens is 3. The van der Waals surface area contributed by atoms with E-state index in [1.165, 1.54) is 0 Å². The van der Waals surface area contributed by atoms with Gasteiger partial charge in [0.1, 0.15) is 6.33 Å². The average molecular weight is 414 g/mol. The Labute approximate surface area is 172 Å². The number of rotatable bonds is 3. The Bertz CT molecular complexity index is 934. The second-order valence-electron chi connectivity index (χ2n) is 7.32. The Morgan fingerprint density at radius 3 is 2.43 bits per heavy atom. The number of carbonyl (C=O) groups is 3. The number of aliphatic hydroxyl groups is 1. The van der Waals surface area contributed by atoms with E-state index in [2.05, 4.69) is 15.0 Å². The summed E-state index contributed by atoms with van der Waals surface area (Å²) in [6, 6.07) is 3.84. The van der Waals surface area contributed by atoms with Gasteiger partial charge in [0.05, 0.1) is 23.4 Å². The van der Waals surface area contributed by atoms with Crippen molar-refractivity contribution in [2.45, 2.75) is 44.2 Å². The molecule has 2 aromatic heterocycles. The van der Waals surface area contributed by atoms with Crippen molar-refractivity contribution in [3.8, 4) is 11.3 Å². The molecule has 1 amide bonds. The van der Waals surface area contributed by atoms with Gasteiger partial charge >= 0.3 is 11.9 Å². The molecule has 1 saturated carbocycles. The second-order valence-corrected chi connectivity index (χ2v) is 7.32. The van der Waals surface area contributed by atoms with Crippen molar-refractivity contribution in [1.29, 1.82) is 0 Å². The summed E-state index contributed by atoms with van der Waals surface area (Å²) in [5.41, 5.74) is 2.98. The molecular formula is C20H22N4O6. The summed E-state index contributed by atoms with van der Waals surface area (Å²) in [4.78, 5) is 45.6. The lowest BCUT2D eigenvalue weighted by atomic mass is 9.77. The predicted molar refractivity (Wildman–Crippen MR) is 103 cm³/mol. The molecule has 0 radical (unpaired) electrons. The molecule has 0 spiro atoms. The molecule has 2 aliphatic rings. The summed E-state index contributed by atoms with van der Waals surface area (Å²) < 4.78 is 0. The van der Waals surface area contributed by atoms with Gasteiger partial charge in [0.15, 0.2) is 0 Å².